The molecule has 0 aliphatic heterocycles. The molecule has 1 aromatic carbocycles. The first kappa shape index (κ1) is 21.6. The maximum atomic E-state index is 13.2. The van der Waals surface area contributed by atoms with E-state index in [4.69, 9.17) is 9.47 Å². The van der Waals surface area contributed by atoms with Crippen molar-refractivity contribution in [1.82, 2.24) is 19.7 Å². The lowest BCUT2D eigenvalue weighted by atomic mass is 9.95. The van der Waals surface area contributed by atoms with Gasteiger partial charge in [0.2, 0.25) is 11.8 Å². The van der Waals surface area contributed by atoms with E-state index >= 15 is 0 Å². The summed E-state index contributed by atoms with van der Waals surface area (Å²) in [5, 5.41) is 7.09. The van der Waals surface area contributed by atoms with Crippen LogP contribution in [0.4, 0.5) is 18.9 Å². The number of nitrogens with zero attached hydrogens (tertiary/aromatic N) is 4. The van der Waals surface area contributed by atoms with Gasteiger partial charge in [0, 0.05) is 11.3 Å². The SMILES string of the molecule is COc1cc(OC)nc(-n2nc3c(c2C(=O)Nc2cccc(C(F)(F)F)c2)CCCC3)n1. The van der Waals surface area contributed by atoms with Crippen molar-refractivity contribution in [2.75, 3.05) is 19.5 Å². The fourth-order valence-corrected chi connectivity index (χ4v) is 3.59. The first-order valence-corrected chi connectivity index (χ1v) is 9.87. The van der Waals surface area contributed by atoms with Crippen molar-refractivity contribution >= 4 is 11.6 Å². The summed E-state index contributed by atoms with van der Waals surface area (Å²) in [6.45, 7) is 0. The summed E-state index contributed by atoms with van der Waals surface area (Å²) in [5.74, 6) is -0.121. The third-order valence-corrected chi connectivity index (χ3v) is 5.09. The molecule has 1 amide bonds. The van der Waals surface area contributed by atoms with Crippen molar-refractivity contribution in [2.45, 2.75) is 31.9 Å². The fraction of sp³-hybridized carbons (Fsp3) is 0.333. The van der Waals surface area contributed by atoms with E-state index in [9.17, 15) is 18.0 Å². The molecule has 2 heterocycles. The minimum absolute atomic E-state index is 0.0197. The first-order chi connectivity index (χ1) is 15.3. The molecular weight excluding hydrogens is 427 g/mol. The van der Waals surface area contributed by atoms with Crippen LogP contribution in [0.1, 0.15) is 40.2 Å². The molecule has 4 rings (SSSR count). The van der Waals surface area contributed by atoms with Gasteiger partial charge in [0.25, 0.3) is 11.9 Å². The number of aromatic nitrogens is 4. The predicted molar refractivity (Wildman–Crippen MR) is 108 cm³/mol. The Bertz CT molecular complexity index is 1140. The lowest BCUT2D eigenvalue weighted by Gasteiger charge is -2.13. The van der Waals surface area contributed by atoms with Crippen LogP contribution in [0.5, 0.6) is 11.8 Å². The van der Waals surface area contributed by atoms with Gasteiger partial charge in [-0.15, -0.1) is 0 Å². The normalized spacial score (nSPS) is 13.4. The number of anilines is 1. The van der Waals surface area contributed by atoms with Crippen LogP contribution in [0.15, 0.2) is 30.3 Å². The zero-order chi connectivity index (χ0) is 22.9. The Labute approximate surface area is 181 Å². The summed E-state index contributed by atoms with van der Waals surface area (Å²) < 4.78 is 50.9. The van der Waals surface area contributed by atoms with Gasteiger partial charge in [-0.3, -0.25) is 4.79 Å². The minimum Gasteiger partial charge on any atom is -0.481 e. The Hall–Kier alpha value is -3.63. The number of hydrogen-bond acceptors (Lipinski definition) is 6. The van der Waals surface area contributed by atoms with E-state index in [0.717, 1.165) is 36.2 Å². The van der Waals surface area contributed by atoms with E-state index in [0.29, 0.717) is 12.8 Å². The minimum atomic E-state index is -4.52. The average molecular weight is 447 g/mol. The van der Waals surface area contributed by atoms with E-state index in [2.05, 4.69) is 20.4 Å². The van der Waals surface area contributed by atoms with E-state index in [1.54, 1.807) is 0 Å². The molecule has 2 aromatic heterocycles. The number of halogens is 3. The molecule has 11 heteroatoms. The number of ether oxygens (including phenoxy) is 2. The Balaban J connectivity index is 1.77. The van der Waals surface area contributed by atoms with Crippen LogP contribution in [-0.2, 0) is 19.0 Å². The van der Waals surface area contributed by atoms with Crippen LogP contribution < -0.4 is 14.8 Å². The van der Waals surface area contributed by atoms with Crippen molar-refractivity contribution in [1.29, 1.82) is 0 Å². The molecule has 1 N–H and O–H groups in total. The van der Waals surface area contributed by atoms with E-state index < -0.39 is 17.6 Å². The van der Waals surface area contributed by atoms with Crippen molar-refractivity contribution in [3.63, 3.8) is 0 Å². The van der Waals surface area contributed by atoms with Crippen molar-refractivity contribution in [3.05, 3.63) is 52.8 Å². The van der Waals surface area contributed by atoms with Gasteiger partial charge in [-0.1, -0.05) is 6.07 Å². The van der Waals surface area contributed by atoms with Crippen LogP contribution in [-0.4, -0.2) is 39.9 Å². The lowest BCUT2D eigenvalue weighted by molar-refractivity contribution is -0.137. The summed E-state index contributed by atoms with van der Waals surface area (Å²) in [6, 6.07) is 5.94. The Morgan fingerprint density at radius 1 is 1.06 bits per heavy atom. The molecule has 0 bridgehead atoms. The molecule has 1 aliphatic rings. The van der Waals surface area contributed by atoms with E-state index in [1.165, 1.54) is 37.1 Å². The number of fused-ring (bicyclic) bond motifs is 1. The number of carbonyl (C=O) groups is 1. The van der Waals surface area contributed by atoms with Crippen LogP contribution in [0, 0.1) is 0 Å². The number of amides is 1. The molecule has 0 unspecified atom stereocenters. The smallest absolute Gasteiger partial charge is 0.416 e. The number of rotatable bonds is 5. The van der Waals surface area contributed by atoms with Gasteiger partial charge in [0.1, 0.15) is 5.69 Å². The molecule has 0 fully saturated rings. The highest BCUT2D eigenvalue weighted by Crippen LogP contribution is 2.31. The molecule has 0 atom stereocenters. The molecule has 0 saturated heterocycles. The van der Waals surface area contributed by atoms with Gasteiger partial charge in [0.15, 0.2) is 0 Å². The number of carbonyl (C=O) groups excluding carboxylic acids is 1. The average Bonchev–Trinajstić information content (AvgIpc) is 3.18. The molecule has 32 heavy (non-hydrogen) atoms. The largest absolute Gasteiger partial charge is 0.481 e. The molecular formula is C21H20F3N5O3. The number of hydrogen-bond donors (Lipinski definition) is 1. The fourth-order valence-electron chi connectivity index (χ4n) is 3.59. The summed E-state index contributed by atoms with van der Waals surface area (Å²) in [5.41, 5.74) is 0.798. The van der Waals surface area contributed by atoms with Gasteiger partial charge >= 0.3 is 6.18 Å². The summed E-state index contributed by atoms with van der Waals surface area (Å²) in [4.78, 5) is 21.8. The molecule has 1 aliphatic carbocycles. The number of nitrogens with one attached hydrogen (secondary N) is 1. The number of methoxy groups -OCH3 is 2. The topological polar surface area (TPSA) is 91.2 Å². The lowest BCUT2D eigenvalue weighted by Crippen LogP contribution is -2.20. The second-order valence-electron chi connectivity index (χ2n) is 7.18. The number of benzene rings is 1. The second kappa shape index (κ2) is 8.48. The first-order valence-electron chi connectivity index (χ1n) is 9.87. The molecule has 3 aromatic rings. The van der Waals surface area contributed by atoms with Crippen LogP contribution in [0.3, 0.4) is 0 Å². The van der Waals surface area contributed by atoms with Gasteiger partial charge in [-0.25, -0.2) is 0 Å². The third kappa shape index (κ3) is 4.23. The molecule has 0 radical (unpaired) electrons. The van der Waals surface area contributed by atoms with Crippen LogP contribution in [0.25, 0.3) is 5.95 Å². The molecule has 0 spiro atoms. The zero-order valence-corrected chi connectivity index (χ0v) is 17.4. The number of alkyl halides is 3. The maximum absolute atomic E-state index is 13.2. The highest BCUT2D eigenvalue weighted by molar-refractivity contribution is 6.04. The summed E-state index contributed by atoms with van der Waals surface area (Å²) >= 11 is 0. The highest BCUT2D eigenvalue weighted by atomic mass is 19.4. The van der Waals surface area contributed by atoms with Crippen LogP contribution >= 0.6 is 0 Å². The van der Waals surface area contributed by atoms with E-state index in [1.807, 2.05) is 0 Å². The quantitative estimate of drug-likeness (QED) is 0.639. The predicted octanol–water partition coefficient (Wildman–Crippen LogP) is 3.83. The maximum Gasteiger partial charge on any atom is 0.416 e. The second-order valence-corrected chi connectivity index (χ2v) is 7.18. The highest BCUT2D eigenvalue weighted by Gasteiger charge is 2.31. The third-order valence-electron chi connectivity index (χ3n) is 5.09. The van der Waals surface area contributed by atoms with Crippen molar-refractivity contribution in [3.8, 4) is 17.7 Å². The van der Waals surface area contributed by atoms with Gasteiger partial charge < -0.3 is 14.8 Å². The van der Waals surface area contributed by atoms with Crippen LogP contribution in [0.2, 0.25) is 0 Å². The Morgan fingerprint density at radius 3 is 2.41 bits per heavy atom. The Morgan fingerprint density at radius 2 is 1.75 bits per heavy atom. The van der Waals surface area contributed by atoms with Gasteiger partial charge in [-0.2, -0.15) is 32.9 Å². The van der Waals surface area contributed by atoms with Crippen molar-refractivity contribution < 1.29 is 27.4 Å². The Kier molecular flexibility index (Phi) is 5.72. The molecule has 0 saturated carbocycles. The molecule has 8 nitrogen and oxygen atoms in total. The van der Waals surface area contributed by atoms with E-state index in [-0.39, 0.29) is 29.1 Å². The van der Waals surface area contributed by atoms with Gasteiger partial charge in [-0.05, 0) is 43.9 Å². The summed E-state index contributed by atoms with van der Waals surface area (Å²) in [6.07, 6.45) is -1.45. The zero-order valence-electron chi connectivity index (χ0n) is 17.4. The van der Waals surface area contributed by atoms with Gasteiger partial charge in [0.05, 0.1) is 31.5 Å². The summed E-state index contributed by atoms with van der Waals surface area (Å²) in [7, 11) is 2.86. The number of aryl methyl sites for hydroxylation is 1. The van der Waals surface area contributed by atoms with Crippen molar-refractivity contribution in [2.24, 2.45) is 0 Å². The monoisotopic (exact) mass is 447 g/mol. The molecule has 168 valence electrons. The standard InChI is InChI=1S/C21H20F3N5O3/c1-31-16-11-17(32-2)27-20(26-16)29-18(14-8-3-4-9-15(14)28-29)19(30)25-13-7-5-6-12(10-13)21(22,23)24/h5-7,10-11H,3-4,8-9H2,1-2H3,(H,25,30).